The largest absolute Gasteiger partial charge is 0.388 e. The SMILES string of the molecule is CC(C)[C@H](O)c1cnc(C#Cc2ccc(C(C)(C)C)cc2)nc1. The van der Waals surface area contributed by atoms with E-state index in [-0.39, 0.29) is 11.3 Å². The fraction of sp³-hybridized carbons (Fsp3) is 0.400. The summed E-state index contributed by atoms with van der Waals surface area (Å²) in [5, 5.41) is 9.97. The van der Waals surface area contributed by atoms with Crippen LogP contribution >= 0.6 is 0 Å². The lowest BCUT2D eigenvalue weighted by molar-refractivity contribution is 0.126. The van der Waals surface area contributed by atoms with E-state index in [4.69, 9.17) is 0 Å². The lowest BCUT2D eigenvalue weighted by atomic mass is 9.87. The number of aromatic nitrogens is 2. The van der Waals surface area contributed by atoms with Crippen molar-refractivity contribution in [2.75, 3.05) is 0 Å². The minimum Gasteiger partial charge on any atom is -0.388 e. The van der Waals surface area contributed by atoms with Crippen molar-refractivity contribution in [3.05, 3.63) is 59.2 Å². The van der Waals surface area contributed by atoms with Gasteiger partial charge in [0.2, 0.25) is 5.82 Å². The second kappa shape index (κ2) is 6.93. The average Bonchev–Trinajstić information content (AvgIpc) is 2.52. The summed E-state index contributed by atoms with van der Waals surface area (Å²) >= 11 is 0. The lowest BCUT2D eigenvalue weighted by Crippen LogP contribution is -2.10. The second-order valence-corrected chi connectivity index (χ2v) is 7.11. The van der Waals surface area contributed by atoms with Crippen LogP contribution in [0.15, 0.2) is 36.7 Å². The minimum atomic E-state index is -0.540. The van der Waals surface area contributed by atoms with Crippen LogP contribution in [-0.4, -0.2) is 15.1 Å². The summed E-state index contributed by atoms with van der Waals surface area (Å²) in [5.41, 5.74) is 3.08. The van der Waals surface area contributed by atoms with Crippen LogP contribution in [0.4, 0.5) is 0 Å². The summed E-state index contributed by atoms with van der Waals surface area (Å²) in [6, 6.07) is 8.24. The summed E-state index contributed by atoms with van der Waals surface area (Å²) in [6.45, 7) is 10.5. The Bertz CT molecular complexity index is 699. The molecule has 2 rings (SSSR count). The Labute approximate surface area is 138 Å². The van der Waals surface area contributed by atoms with Crippen LogP contribution in [0.25, 0.3) is 0 Å². The second-order valence-electron chi connectivity index (χ2n) is 7.11. The van der Waals surface area contributed by atoms with Crippen molar-refractivity contribution in [1.82, 2.24) is 9.97 Å². The van der Waals surface area contributed by atoms with Crippen molar-refractivity contribution in [2.45, 2.75) is 46.1 Å². The van der Waals surface area contributed by atoms with Crippen LogP contribution < -0.4 is 0 Å². The molecule has 1 atom stereocenters. The Kier molecular flexibility index (Phi) is 5.18. The highest BCUT2D eigenvalue weighted by Crippen LogP contribution is 2.22. The topological polar surface area (TPSA) is 46.0 Å². The predicted octanol–water partition coefficient (Wildman–Crippen LogP) is 3.86. The summed E-state index contributed by atoms with van der Waals surface area (Å²) < 4.78 is 0. The third kappa shape index (κ3) is 4.64. The fourth-order valence-corrected chi connectivity index (χ4v) is 2.12. The van der Waals surface area contributed by atoms with Crippen molar-refractivity contribution < 1.29 is 5.11 Å². The van der Waals surface area contributed by atoms with Crippen LogP contribution in [0.2, 0.25) is 0 Å². The number of rotatable bonds is 2. The molecule has 0 amide bonds. The van der Waals surface area contributed by atoms with Crippen LogP contribution in [0, 0.1) is 17.8 Å². The van der Waals surface area contributed by atoms with Gasteiger partial charge < -0.3 is 5.11 Å². The quantitative estimate of drug-likeness (QED) is 0.857. The van der Waals surface area contributed by atoms with E-state index in [0.717, 1.165) is 11.1 Å². The van der Waals surface area contributed by atoms with Crippen molar-refractivity contribution in [1.29, 1.82) is 0 Å². The first-order valence-corrected chi connectivity index (χ1v) is 7.90. The molecule has 0 saturated carbocycles. The molecule has 0 aliphatic rings. The third-order valence-electron chi connectivity index (χ3n) is 3.71. The molecule has 3 heteroatoms. The van der Waals surface area contributed by atoms with Crippen LogP contribution in [-0.2, 0) is 5.41 Å². The van der Waals surface area contributed by atoms with E-state index in [1.165, 1.54) is 5.56 Å². The van der Waals surface area contributed by atoms with E-state index in [2.05, 4.69) is 54.7 Å². The van der Waals surface area contributed by atoms with Gasteiger partial charge in [-0.3, -0.25) is 0 Å². The maximum absolute atomic E-state index is 9.97. The molecule has 1 aromatic heterocycles. The van der Waals surface area contributed by atoms with E-state index in [1.54, 1.807) is 12.4 Å². The number of aliphatic hydroxyl groups excluding tert-OH is 1. The van der Waals surface area contributed by atoms with Gasteiger partial charge in [0.1, 0.15) is 0 Å². The van der Waals surface area contributed by atoms with Gasteiger partial charge in [0, 0.05) is 23.5 Å². The van der Waals surface area contributed by atoms with Crippen LogP contribution in [0.1, 0.15) is 63.2 Å². The molecule has 0 unspecified atom stereocenters. The molecule has 0 aliphatic heterocycles. The van der Waals surface area contributed by atoms with Gasteiger partial charge in [-0.1, -0.05) is 52.7 Å². The lowest BCUT2D eigenvalue weighted by Gasteiger charge is -2.18. The number of hydrogen-bond acceptors (Lipinski definition) is 3. The van der Waals surface area contributed by atoms with Crippen molar-refractivity contribution in [3.8, 4) is 11.8 Å². The molecule has 1 aromatic carbocycles. The molecule has 3 nitrogen and oxygen atoms in total. The first kappa shape index (κ1) is 17.2. The molecular formula is C20H24N2O. The highest BCUT2D eigenvalue weighted by atomic mass is 16.3. The third-order valence-corrected chi connectivity index (χ3v) is 3.71. The first-order chi connectivity index (χ1) is 10.8. The highest BCUT2D eigenvalue weighted by molar-refractivity contribution is 5.40. The summed E-state index contributed by atoms with van der Waals surface area (Å²) in [4.78, 5) is 8.42. The molecule has 1 heterocycles. The smallest absolute Gasteiger partial charge is 0.205 e. The van der Waals surface area contributed by atoms with Gasteiger partial charge in [-0.05, 0) is 34.9 Å². The maximum Gasteiger partial charge on any atom is 0.205 e. The molecule has 1 N–H and O–H groups in total. The molecule has 0 saturated heterocycles. The van der Waals surface area contributed by atoms with E-state index in [0.29, 0.717) is 5.82 Å². The van der Waals surface area contributed by atoms with Crippen LogP contribution in [0.5, 0.6) is 0 Å². The van der Waals surface area contributed by atoms with Crippen molar-refractivity contribution >= 4 is 0 Å². The average molecular weight is 308 g/mol. The van der Waals surface area contributed by atoms with Gasteiger partial charge in [-0.15, -0.1) is 0 Å². The zero-order valence-corrected chi connectivity index (χ0v) is 14.5. The minimum absolute atomic E-state index is 0.136. The van der Waals surface area contributed by atoms with Gasteiger partial charge >= 0.3 is 0 Å². The predicted molar refractivity (Wildman–Crippen MR) is 93.0 cm³/mol. The summed E-state index contributed by atoms with van der Waals surface area (Å²) in [7, 11) is 0. The van der Waals surface area contributed by atoms with Crippen molar-refractivity contribution in [3.63, 3.8) is 0 Å². The Hall–Kier alpha value is -2.18. The van der Waals surface area contributed by atoms with Gasteiger partial charge in [0.05, 0.1) is 6.10 Å². The normalized spacial score (nSPS) is 12.7. The number of hydrogen-bond donors (Lipinski definition) is 1. The zero-order valence-electron chi connectivity index (χ0n) is 14.5. The highest BCUT2D eigenvalue weighted by Gasteiger charge is 2.13. The van der Waals surface area contributed by atoms with E-state index >= 15 is 0 Å². The van der Waals surface area contributed by atoms with Gasteiger partial charge in [0.25, 0.3) is 0 Å². The molecule has 2 aromatic rings. The summed E-state index contributed by atoms with van der Waals surface area (Å²) in [6.07, 6.45) is 2.75. The Morgan fingerprint density at radius 2 is 1.52 bits per heavy atom. The first-order valence-electron chi connectivity index (χ1n) is 7.90. The summed E-state index contributed by atoms with van der Waals surface area (Å²) in [5.74, 6) is 6.63. The molecule has 0 fully saturated rings. The Balaban J connectivity index is 2.13. The van der Waals surface area contributed by atoms with E-state index in [1.807, 2.05) is 26.0 Å². The molecule has 0 aliphatic carbocycles. The van der Waals surface area contributed by atoms with Gasteiger partial charge in [0.15, 0.2) is 0 Å². The van der Waals surface area contributed by atoms with Gasteiger partial charge in [-0.2, -0.15) is 0 Å². The molecule has 0 spiro atoms. The van der Waals surface area contributed by atoms with Crippen molar-refractivity contribution in [2.24, 2.45) is 5.92 Å². The zero-order chi connectivity index (χ0) is 17.0. The number of benzene rings is 1. The molecule has 0 bridgehead atoms. The Morgan fingerprint density at radius 3 is 2.00 bits per heavy atom. The molecular weight excluding hydrogens is 284 g/mol. The maximum atomic E-state index is 9.97. The molecule has 0 radical (unpaired) electrons. The monoisotopic (exact) mass is 308 g/mol. The molecule has 23 heavy (non-hydrogen) atoms. The standard InChI is InChI=1S/C20H24N2O/c1-14(2)19(23)16-12-21-18(22-13-16)11-8-15-6-9-17(10-7-15)20(3,4)5/h6-7,9-10,12-14,19,23H,1-5H3/t19-/m0/s1. The van der Waals surface area contributed by atoms with Crippen LogP contribution in [0.3, 0.4) is 0 Å². The number of aliphatic hydroxyl groups is 1. The fourth-order valence-electron chi connectivity index (χ4n) is 2.12. The number of nitrogens with zero attached hydrogens (tertiary/aromatic N) is 2. The molecule has 120 valence electrons. The van der Waals surface area contributed by atoms with E-state index in [9.17, 15) is 5.11 Å². The van der Waals surface area contributed by atoms with Gasteiger partial charge in [-0.25, -0.2) is 9.97 Å². The van der Waals surface area contributed by atoms with E-state index < -0.39 is 6.10 Å². The Morgan fingerprint density at radius 1 is 0.957 bits per heavy atom.